The van der Waals surface area contributed by atoms with Crippen LogP contribution in [0.1, 0.15) is 38.3 Å². The Morgan fingerprint density at radius 1 is 1.33 bits per heavy atom. The Morgan fingerprint density at radius 3 is 2.67 bits per heavy atom. The van der Waals surface area contributed by atoms with Crippen molar-refractivity contribution < 1.29 is 9.47 Å². The van der Waals surface area contributed by atoms with E-state index in [9.17, 15) is 0 Å². The van der Waals surface area contributed by atoms with E-state index in [1.54, 1.807) is 7.11 Å². The highest BCUT2D eigenvalue weighted by Crippen LogP contribution is 2.36. The van der Waals surface area contributed by atoms with E-state index in [1.807, 2.05) is 18.2 Å². The summed E-state index contributed by atoms with van der Waals surface area (Å²) in [5.74, 6) is 2.62. The zero-order valence-electron chi connectivity index (χ0n) is 11.5. The molecule has 2 rings (SSSR count). The third kappa shape index (κ3) is 3.16. The number of benzene rings is 1. The normalized spacial score (nSPS) is 16.4. The Balaban J connectivity index is 2.18. The summed E-state index contributed by atoms with van der Waals surface area (Å²) in [6.45, 7) is 6.02. The molecule has 3 nitrogen and oxygen atoms in total. The van der Waals surface area contributed by atoms with Gasteiger partial charge in [-0.2, -0.15) is 0 Å². The Hall–Kier alpha value is -1.22. The maximum absolute atomic E-state index is 5.95. The summed E-state index contributed by atoms with van der Waals surface area (Å²) in [5, 5.41) is 3.42. The Bertz CT molecular complexity index is 388. The quantitative estimate of drug-likeness (QED) is 0.805. The maximum Gasteiger partial charge on any atom is 0.127 e. The third-order valence-corrected chi connectivity index (χ3v) is 3.36. The molecule has 1 atom stereocenters. The second-order valence-corrected chi connectivity index (χ2v) is 4.91. The average Bonchev–Trinajstić information content (AvgIpc) is 3.20. The van der Waals surface area contributed by atoms with Crippen LogP contribution in [0.15, 0.2) is 18.2 Å². The zero-order valence-corrected chi connectivity index (χ0v) is 11.5. The molecule has 1 aromatic carbocycles. The lowest BCUT2D eigenvalue weighted by Crippen LogP contribution is -2.19. The van der Waals surface area contributed by atoms with E-state index in [0.717, 1.165) is 36.1 Å². The number of methoxy groups -OCH3 is 1. The summed E-state index contributed by atoms with van der Waals surface area (Å²) in [4.78, 5) is 0. The summed E-state index contributed by atoms with van der Waals surface area (Å²) >= 11 is 0. The first kappa shape index (κ1) is 13.2. The first-order valence-electron chi connectivity index (χ1n) is 6.79. The van der Waals surface area contributed by atoms with Crippen LogP contribution in [0.5, 0.6) is 11.5 Å². The van der Waals surface area contributed by atoms with Crippen molar-refractivity contribution in [1.29, 1.82) is 0 Å². The monoisotopic (exact) mass is 249 g/mol. The number of rotatable bonds is 7. The van der Waals surface area contributed by atoms with Gasteiger partial charge in [0, 0.05) is 6.04 Å². The van der Waals surface area contributed by atoms with E-state index in [0.29, 0.717) is 0 Å². The van der Waals surface area contributed by atoms with Gasteiger partial charge in [0.15, 0.2) is 0 Å². The molecular weight excluding hydrogens is 226 g/mol. The van der Waals surface area contributed by atoms with E-state index in [2.05, 4.69) is 19.2 Å². The maximum atomic E-state index is 5.95. The topological polar surface area (TPSA) is 30.5 Å². The summed E-state index contributed by atoms with van der Waals surface area (Å²) in [7, 11) is 1.71. The fraction of sp³-hybridized carbons (Fsp3) is 0.600. The van der Waals surface area contributed by atoms with Crippen LogP contribution in [0.25, 0.3) is 0 Å². The van der Waals surface area contributed by atoms with Crippen molar-refractivity contribution in [2.45, 2.75) is 32.7 Å². The van der Waals surface area contributed by atoms with E-state index >= 15 is 0 Å². The van der Waals surface area contributed by atoms with Gasteiger partial charge in [0.2, 0.25) is 0 Å². The molecule has 18 heavy (non-hydrogen) atoms. The first-order valence-corrected chi connectivity index (χ1v) is 6.79. The number of nitrogens with one attached hydrogen (secondary N) is 1. The Kier molecular flexibility index (Phi) is 4.48. The van der Waals surface area contributed by atoms with E-state index in [1.165, 1.54) is 12.8 Å². The highest BCUT2D eigenvalue weighted by Gasteiger charge is 2.23. The SMILES string of the molecule is CCNC(C)c1c(OC)cccc1OCC1CC1. The minimum Gasteiger partial charge on any atom is -0.496 e. The van der Waals surface area contributed by atoms with Gasteiger partial charge in [-0.1, -0.05) is 13.0 Å². The van der Waals surface area contributed by atoms with Gasteiger partial charge in [-0.25, -0.2) is 0 Å². The molecule has 1 saturated carbocycles. The fourth-order valence-electron chi connectivity index (χ4n) is 2.15. The lowest BCUT2D eigenvalue weighted by Gasteiger charge is -2.20. The molecule has 100 valence electrons. The highest BCUT2D eigenvalue weighted by molar-refractivity contribution is 5.46. The molecule has 1 N–H and O–H groups in total. The Morgan fingerprint density at radius 2 is 2.06 bits per heavy atom. The highest BCUT2D eigenvalue weighted by atomic mass is 16.5. The van der Waals surface area contributed by atoms with Crippen molar-refractivity contribution in [1.82, 2.24) is 5.32 Å². The standard InChI is InChI=1S/C15H23NO2/c1-4-16-11(2)15-13(17-3)6-5-7-14(15)18-10-12-8-9-12/h5-7,11-12,16H,4,8-10H2,1-3H3. The van der Waals surface area contributed by atoms with Gasteiger partial charge in [0.25, 0.3) is 0 Å². The van der Waals surface area contributed by atoms with Crippen molar-refractivity contribution in [3.8, 4) is 11.5 Å². The minimum atomic E-state index is 0.236. The fourth-order valence-corrected chi connectivity index (χ4v) is 2.15. The van der Waals surface area contributed by atoms with Crippen molar-refractivity contribution in [2.75, 3.05) is 20.3 Å². The van der Waals surface area contributed by atoms with E-state index in [-0.39, 0.29) is 6.04 Å². The Labute approximate surface area is 109 Å². The summed E-state index contributed by atoms with van der Waals surface area (Å²) in [6.07, 6.45) is 2.62. The molecule has 3 heteroatoms. The van der Waals surface area contributed by atoms with Crippen LogP contribution in [-0.4, -0.2) is 20.3 Å². The van der Waals surface area contributed by atoms with Crippen LogP contribution >= 0.6 is 0 Å². The molecule has 0 saturated heterocycles. The molecule has 1 aliphatic carbocycles. The van der Waals surface area contributed by atoms with E-state index in [4.69, 9.17) is 9.47 Å². The van der Waals surface area contributed by atoms with Gasteiger partial charge < -0.3 is 14.8 Å². The van der Waals surface area contributed by atoms with Crippen LogP contribution in [0.3, 0.4) is 0 Å². The molecule has 0 radical (unpaired) electrons. The molecule has 0 aromatic heterocycles. The zero-order chi connectivity index (χ0) is 13.0. The predicted octanol–water partition coefficient (Wildman–Crippen LogP) is 3.15. The third-order valence-electron chi connectivity index (χ3n) is 3.36. The smallest absolute Gasteiger partial charge is 0.127 e. The molecule has 0 bridgehead atoms. The minimum absolute atomic E-state index is 0.236. The number of hydrogen-bond acceptors (Lipinski definition) is 3. The van der Waals surface area contributed by atoms with Crippen LogP contribution in [0, 0.1) is 5.92 Å². The van der Waals surface area contributed by atoms with Crippen LogP contribution in [-0.2, 0) is 0 Å². The number of hydrogen-bond donors (Lipinski definition) is 1. The van der Waals surface area contributed by atoms with Gasteiger partial charge in [0.05, 0.1) is 19.3 Å². The van der Waals surface area contributed by atoms with Crippen LogP contribution in [0.4, 0.5) is 0 Å². The molecule has 1 aromatic rings. The summed E-state index contributed by atoms with van der Waals surface area (Å²) < 4.78 is 11.4. The molecule has 0 heterocycles. The van der Waals surface area contributed by atoms with Gasteiger partial charge in [-0.15, -0.1) is 0 Å². The van der Waals surface area contributed by atoms with Crippen LogP contribution < -0.4 is 14.8 Å². The second kappa shape index (κ2) is 6.10. The molecule has 0 aliphatic heterocycles. The lowest BCUT2D eigenvalue weighted by atomic mass is 10.1. The van der Waals surface area contributed by atoms with Crippen molar-refractivity contribution in [2.24, 2.45) is 5.92 Å². The predicted molar refractivity (Wildman–Crippen MR) is 73.3 cm³/mol. The van der Waals surface area contributed by atoms with Gasteiger partial charge in [0.1, 0.15) is 11.5 Å². The van der Waals surface area contributed by atoms with Gasteiger partial charge in [-0.3, -0.25) is 0 Å². The summed E-state index contributed by atoms with van der Waals surface area (Å²) in [6, 6.07) is 6.25. The lowest BCUT2D eigenvalue weighted by molar-refractivity contribution is 0.290. The second-order valence-electron chi connectivity index (χ2n) is 4.91. The largest absolute Gasteiger partial charge is 0.496 e. The first-order chi connectivity index (χ1) is 8.76. The molecule has 1 aliphatic rings. The van der Waals surface area contributed by atoms with Gasteiger partial charge >= 0.3 is 0 Å². The molecular formula is C15H23NO2. The summed E-state index contributed by atoms with van der Waals surface area (Å²) in [5.41, 5.74) is 1.13. The molecule has 0 amide bonds. The average molecular weight is 249 g/mol. The van der Waals surface area contributed by atoms with Gasteiger partial charge in [-0.05, 0) is 44.4 Å². The molecule has 1 fully saturated rings. The van der Waals surface area contributed by atoms with E-state index < -0.39 is 0 Å². The van der Waals surface area contributed by atoms with Crippen molar-refractivity contribution in [3.63, 3.8) is 0 Å². The molecule has 0 spiro atoms. The molecule has 1 unspecified atom stereocenters. The van der Waals surface area contributed by atoms with Crippen molar-refractivity contribution in [3.05, 3.63) is 23.8 Å². The van der Waals surface area contributed by atoms with Crippen molar-refractivity contribution >= 4 is 0 Å². The number of ether oxygens (including phenoxy) is 2. The van der Waals surface area contributed by atoms with Crippen LogP contribution in [0.2, 0.25) is 0 Å².